The summed E-state index contributed by atoms with van der Waals surface area (Å²) in [5.41, 5.74) is 0. The second-order valence-electron chi connectivity index (χ2n) is 5.21. The molecule has 1 saturated heterocycles. The Balaban J connectivity index is 2.00. The van der Waals surface area contributed by atoms with Crippen LogP contribution >= 0.6 is 11.6 Å². The van der Waals surface area contributed by atoms with Crippen molar-refractivity contribution in [2.75, 3.05) is 13.1 Å². The Morgan fingerprint density at radius 1 is 1.25 bits per heavy atom. The summed E-state index contributed by atoms with van der Waals surface area (Å²) < 4.78 is 0. The first-order valence-electron chi connectivity index (χ1n) is 6.44. The largest absolute Gasteiger partial charge is 0.393 e. The highest BCUT2D eigenvalue weighted by atomic mass is 35.5. The highest BCUT2D eigenvalue weighted by Gasteiger charge is 2.36. The topological polar surface area (TPSA) is 23.5 Å². The Bertz CT molecular complexity index is 256. The zero-order valence-corrected chi connectivity index (χ0v) is 10.6. The predicted molar refractivity (Wildman–Crippen MR) is 67.6 cm³/mol. The first kappa shape index (κ1) is 12.4. The van der Waals surface area contributed by atoms with E-state index in [9.17, 15) is 5.11 Å². The molecule has 0 amide bonds. The van der Waals surface area contributed by atoms with Crippen LogP contribution in [-0.2, 0) is 0 Å². The number of aliphatic hydroxyl groups is 1. The molecule has 3 atom stereocenters. The van der Waals surface area contributed by atoms with Crippen LogP contribution in [0.5, 0.6) is 0 Å². The van der Waals surface area contributed by atoms with E-state index in [0.717, 1.165) is 24.5 Å². The molecule has 3 heteroatoms. The van der Waals surface area contributed by atoms with E-state index in [1.807, 2.05) is 0 Å². The first-order valence-corrected chi connectivity index (χ1v) is 6.81. The number of rotatable bonds is 3. The standard InChI is InChI=1S/C13H22ClNO/c1-10(14)9-15-8-3-2-6-12(15)11-5-4-7-13(11)16/h11-13,16H,1-9H2. The summed E-state index contributed by atoms with van der Waals surface area (Å²) in [7, 11) is 0. The van der Waals surface area contributed by atoms with E-state index in [1.165, 1.54) is 32.1 Å². The van der Waals surface area contributed by atoms with Crippen LogP contribution in [0.15, 0.2) is 11.6 Å². The Morgan fingerprint density at radius 3 is 2.69 bits per heavy atom. The van der Waals surface area contributed by atoms with Crippen molar-refractivity contribution >= 4 is 11.6 Å². The van der Waals surface area contributed by atoms with Gasteiger partial charge in [0.15, 0.2) is 0 Å². The Morgan fingerprint density at radius 2 is 2.06 bits per heavy atom. The summed E-state index contributed by atoms with van der Waals surface area (Å²) in [4.78, 5) is 2.43. The van der Waals surface area contributed by atoms with Gasteiger partial charge in [-0.25, -0.2) is 0 Å². The van der Waals surface area contributed by atoms with Gasteiger partial charge in [0.1, 0.15) is 0 Å². The van der Waals surface area contributed by atoms with Gasteiger partial charge in [0.05, 0.1) is 6.10 Å². The third kappa shape index (κ3) is 2.79. The summed E-state index contributed by atoms with van der Waals surface area (Å²) >= 11 is 5.92. The molecule has 3 unspecified atom stereocenters. The van der Waals surface area contributed by atoms with E-state index in [2.05, 4.69) is 11.5 Å². The molecule has 1 heterocycles. The summed E-state index contributed by atoms with van der Waals surface area (Å²) in [5, 5.41) is 10.7. The van der Waals surface area contributed by atoms with Gasteiger partial charge in [-0.05, 0) is 32.2 Å². The van der Waals surface area contributed by atoms with Crippen LogP contribution in [0.1, 0.15) is 38.5 Å². The van der Waals surface area contributed by atoms with Gasteiger partial charge in [-0.1, -0.05) is 31.0 Å². The second kappa shape index (κ2) is 5.52. The molecule has 0 aromatic carbocycles. The molecule has 1 N–H and O–H groups in total. The SMILES string of the molecule is C=C(Cl)CN1CCCCC1C1CCCC1O. The van der Waals surface area contributed by atoms with Gasteiger partial charge in [0.2, 0.25) is 0 Å². The molecule has 2 nitrogen and oxygen atoms in total. The lowest BCUT2D eigenvalue weighted by Crippen LogP contribution is -2.46. The lowest BCUT2D eigenvalue weighted by Gasteiger charge is -2.40. The average Bonchev–Trinajstić information content (AvgIpc) is 2.64. The molecule has 2 fully saturated rings. The number of hydrogen-bond acceptors (Lipinski definition) is 2. The van der Waals surface area contributed by atoms with Crippen LogP contribution in [0.4, 0.5) is 0 Å². The monoisotopic (exact) mass is 243 g/mol. The van der Waals surface area contributed by atoms with Crippen molar-refractivity contribution in [1.29, 1.82) is 0 Å². The Labute approximate surface area is 103 Å². The van der Waals surface area contributed by atoms with Gasteiger partial charge >= 0.3 is 0 Å². The molecular weight excluding hydrogens is 222 g/mol. The van der Waals surface area contributed by atoms with Gasteiger partial charge < -0.3 is 5.11 Å². The summed E-state index contributed by atoms with van der Waals surface area (Å²) in [6, 6.07) is 0.529. The Kier molecular flexibility index (Phi) is 4.28. The molecule has 0 aromatic heterocycles. The maximum absolute atomic E-state index is 10.0. The minimum absolute atomic E-state index is 0.0887. The summed E-state index contributed by atoms with van der Waals surface area (Å²) in [6.07, 6.45) is 7.01. The minimum atomic E-state index is -0.0887. The quantitative estimate of drug-likeness (QED) is 0.824. The molecular formula is C13H22ClNO. The number of aliphatic hydroxyl groups excluding tert-OH is 1. The maximum atomic E-state index is 10.0. The molecule has 1 aliphatic carbocycles. The highest BCUT2D eigenvalue weighted by molar-refractivity contribution is 6.29. The molecule has 0 radical (unpaired) electrons. The van der Waals surface area contributed by atoms with E-state index in [1.54, 1.807) is 0 Å². The summed E-state index contributed by atoms with van der Waals surface area (Å²) in [6.45, 7) is 5.69. The molecule has 1 saturated carbocycles. The zero-order chi connectivity index (χ0) is 11.5. The highest BCUT2D eigenvalue weighted by Crippen LogP contribution is 2.35. The number of hydrogen-bond donors (Lipinski definition) is 1. The molecule has 0 aromatic rings. The van der Waals surface area contributed by atoms with Crippen molar-refractivity contribution in [1.82, 2.24) is 4.90 Å². The van der Waals surface area contributed by atoms with Crippen LogP contribution in [0.2, 0.25) is 0 Å². The van der Waals surface area contributed by atoms with Crippen LogP contribution in [0.25, 0.3) is 0 Å². The molecule has 16 heavy (non-hydrogen) atoms. The van der Waals surface area contributed by atoms with Gasteiger partial charge in [-0.15, -0.1) is 0 Å². The van der Waals surface area contributed by atoms with Gasteiger partial charge in [-0.2, -0.15) is 0 Å². The lowest BCUT2D eigenvalue weighted by atomic mass is 9.88. The van der Waals surface area contributed by atoms with Crippen molar-refractivity contribution in [2.24, 2.45) is 5.92 Å². The van der Waals surface area contributed by atoms with Gasteiger partial charge in [0.25, 0.3) is 0 Å². The van der Waals surface area contributed by atoms with E-state index in [-0.39, 0.29) is 6.10 Å². The van der Waals surface area contributed by atoms with E-state index < -0.39 is 0 Å². The van der Waals surface area contributed by atoms with E-state index >= 15 is 0 Å². The molecule has 2 aliphatic rings. The molecule has 2 rings (SSSR count). The predicted octanol–water partition coefficient (Wildman–Crippen LogP) is 2.75. The van der Waals surface area contributed by atoms with Crippen molar-refractivity contribution in [3.63, 3.8) is 0 Å². The van der Waals surface area contributed by atoms with Crippen molar-refractivity contribution in [2.45, 2.75) is 50.7 Å². The first-order chi connectivity index (χ1) is 7.68. The smallest absolute Gasteiger partial charge is 0.0583 e. The molecule has 0 bridgehead atoms. The van der Waals surface area contributed by atoms with E-state index in [0.29, 0.717) is 12.0 Å². The van der Waals surface area contributed by atoms with Gasteiger partial charge in [0, 0.05) is 23.5 Å². The van der Waals surface area contributed by atoms with Crippen LogP contribution < -0.4 is 0 Å². The third-order valence-electron chi connectivity index (χ3n) is 4.06. The zero-order valence-electron chi connectivity index (χ0n) is 9.87. The number of nitrogens with zero attached hydrogens (tertiary/aromatic N) is 1. The molecule has 0 spiro atoms. The normalized spacial score (nSPS) is 36.5. The fraction of sp³-hybridized carbons (Fsp3) is 0.846. The van der Waals surface area contributed by atoms with E-state index in [4.69, 9.17) is 11.6 Å². The Hall–Kier alpha value is -0.0500. The number of piperidine rings is 1. The number of likely N-dealkylation sites (tertiary alicyclic amines) is 1. The van der Waals surface area contributed by atoms with Crippen molar-refractivity contribution in [3.05, 3.63) is 11.6 Å². The second-order valence-corrected chi connectivity index (χ2v) is 5.75. The van der Waals surface area contributed by atoms with Crippen molar-refractivity contribution < 1.29 is 5.11 Å². The van der Waals surface area contributed by atoms with Crippen LogP contribution in [0.3, 0.4) is 0 Å². The lowest BCUT2D eigenvalue weighted by molar-refractivity contribution is 0.0412. The maximum Gasteiger partial charge on any atom is 0.0583 e. The average molecular weight is 244 g/mol. The molecule has 1 aliphatic heterocycles. The third-order valence-corrected chi connectivity index (χ3v) is 4.18. The fourth-order valence-electron chi connectivity index (χ4n) is 3.34. The summed E-state index contributed by atoms with van der Waals surface area (Å²) in [5.74, 6) is 0.469. The van der Waals surface area contributed by atoms with Gasteiger partial charge in [-0.3, -0.25) is 4.90 Å². The fourth-order valence-corrected chi connectivity index (χ4v) is 3.49. The molecule has 92 valence electrons. The minimum Gasteiger partial charge on any atom is -0.393 e. The number of halogens is 1. The van der Waals surface area contributed by atoms with Crippen molar-refractivity contribution in [3.8, 4) is 0 Å². The van der Waals surface area contributed by atoms with Crippen LogP contribution in [-0.4, -0.2) is 35.2 Å². The van der Waals surface area contributed by atoms with Crippen LogP contribution in [0, 0.1) is 5.92 Å².